The highest BCUT2D eigenvalue weighted by Crippen LogP contribution is 2.29. The lowest BCUT2D eigenvalue weighted by Gasteiger charge is -2.12. The fraction of sp³-hybridized carbons (Fsp3) is 0.0556. The quantitative estimate of drug-likeness (QED) is 0.388. The van der Waals surface area contributed by atoms with Crippen LogP contribution in [0.15, 0.2) is 58.3 Å². The zero-order chi connectivity index (χ0) is 19.3. The van der Waals surface area contributed by atoms with E-state index < -0.39 is 0 Å². The number of nitrogens with zero attached hydrogens (tertiary/aromatic N) is 5. The molecule has 2 N–H and O–H groups in total. The summed E-state index contributed by atoms with van der Waals surface area (Å²) in [5.41, 5.74) is 4.16. The minimum atomic E-state index is -0.386. The van der Waals surface area contributed by atoms with Crippen LogP contribution in [0.3, 0.4) is 0 Å². The topological polar surface area (TPSA) is 110 Å². The number of anilines is 3. The molecule has 0 saturated carbocycles. The van der Waals surface area contributed by atoms with Crippen LogP contribution in [0, 0.1) is 5.82 Å². The Morgan fingerprint density at radius 2 is 1.71 bits per heavy atom. The minimum Gasteiger partial charge on any atom is -0.495 e. The average Bonchev–Trinajstić information content (AvgIpc) is 3.17. The van der Waals surface area contributed by atoms with Crippen LogP contribution >= 0.6 is 0 Å². The van der Waals surface area contributed by atoms with Crippen molar-refractivity contribution in [3.05, 3.63) is 59.9 Å². The molecule has 0 fully saturated rings. The Morgan fingerprint density at radius 3 is 2.50 bits per heavy atom. The summed E-state index contributed by atoms with van der Waals surface area (Å²) in [6.45, 7) is 0. The minimum absolute atomic E-state index is 0.203. The molecule has 0 radical (unpaired) electrons. The van der Waals surface area contributed by atoms with Gasteiger partial charge in [-0.15, -0.1) is 0 Å². The van der Waals surface area contributed by atoms with Crippen molar-refractivity contribution in [2.45, 2.75) is 0 Å². The smallest absolute Gasteiger partial charge is 0.245 e. The van der Waals surface area contributed by atoms with Gasteiger partial charge in [0, 0.05) is 5.56 Å². The Hall–Kier alpha value is -4.08. The van der Waals surface area contributed by atoms with Crippen molar-refractivity contribution in [3.8, 4) is 5.75 Å². The molecule has 0 aliphatic rings. The number of rotatable bonds is 6. The molecular weight excluding hydrogens is 365 g/mol. The van der Waals surface area contributed by atoms with Gasteiger partial charge in [-0.3, -0.25) is 5.43 Å². The van der Waals surface area contributed by atoms with Gasteiger partial charge in [-0.1, -0.05) is 30.3 Å². The highest BCUT2D eigenvalue weighted by Gasteiger charge is 2.14. The molecule has 0 amide bonds. The maximum Gasteiger partial charge on any atom is 0.245 e. The van der Waals surface area contributed by atoms with Crippen molar-refractivity contribution in [2.75, 3.05) is 17.9 Å². The third-order valence-electron chi connectivity index (χ3n) is 3.75. The molecule has 0 aliphatic heterocycles. The highest BCUT2D eigenvalue weighted by molar-refractivity contribution is 5.82. The van der Waals surface area contributed by atoms with E-state index in [-0.39, 0.29) is 22.9 Å². The number of aromatic nitrogens is 4. The number of hydrazone groups is 1. The number of fused-ring (bicyclic) bond motifs is 1. The Labute approximate surface area is 158 Å². The second-order valence-electron chi connectivity index (χ2n) is 5.55. The summed E-state index contributed by atoms with van der Waals surface area (Å²) in [5, 5.41) is 14.5. The molecule has 0 aliphatic carbocycles. The van der Waals surface area contributed by atoms with Gasteiger partial charge in [0.2, 0.25) is 11.3 Å². The highest BCUT2D eigenvalue weighted by atomic mass is 19.1. The van der Waals surface area contributed by atoms with Gasteiger partial charge >= 0.3 is 0 Å². The fourth-order valence-electron chi connectivity index (χ4n) is 2.42. The molecule has 140 valence electrons. The van der Waals surface area contributed by atoms with Crippen LogP contribution in [0.25, 0.3) is 11.3 Å². The lowest BCUT2D eigenvalue weighted by Crippen LogP contribution is -2.04. The Bertz CT molecular complexity index is 1150. The number of hydrogen-bond acceptors (Lipinski definition) is 9. The molecule has 10 heteroatoms. The first-order chi connectivity index (χ1) is 13.7. The van der Waals surface area contributed by atoms with Gasteiger partial charge in [0.05, 0.1) is 19.0 Å². The first-order valence-electron chi connectivity index (χ1n) is 8.18. The molecule has 0 bridgehead atoms. The lowest BCUT2D eigenvalue weighted by molar-refractivity contribution is 0.314. The zero-order valence-electron chi connectivity index (χ0n) is 14.6. The summed E-state index contributed by atoms with van der Waals surface area (Å²) in [7, 11) is 1.56. The molecule has 0 spiro atoms. The lowest BCUT2D eigenvalue weighted by atomic mass is 10.2. The Kier molecular flexibility index (Phi) is 4.74. The van der Waals surface area contributed by atoms with Crippen LogP contribution < -0.4 is 15.5 Å². The standard InChI is InChI=1S/C18H14FN7O2/c1-27-14-9-5-4-8-13(14)21-15-16(23-18-17(22-15)25-28-26-18)24-20-10-11-6-2-3-7-12(11)19/h2-10H,1H3,(H,21,22,25)(H,23,24,26). The normalized spacial score (nSPS) is 11.1. The van der Waals surface area contributed by atoms with Crippen LogP contribution in [0.1, 0.15) is 5.56 Å². The molecule has 9 nitrogen and oxygen atoms in total. The first-order valence-corrected chi connectivity index (χ1v) is 8.18. The third-order valence-corrected chi connectivity index (χ3v) is 3.75. The Balaban J connectivity index is 1.66. The first kappa shape index (κ1) is 17.3. The summed E-state index contributed by atoms with van der Waals surface area (Å²) in [6, 6.07) is 13.6. The van der Waals surface area contributed by atoms with Gasteiger partial charge in [-0.2, -0.15) is 10.1 Å². The van der Waals surface area contributed by atoms with Crippen LogP contribution in [0.2, 0.25) is 0 Å². The number of benzene rings is 2. The van der Waals surface area contributed by atoms with E-state index >= 15 is 0 Å². The van der Waals surface area contributed by atoms with Gasteiger partial charge in [-0.05, 0) is 28.5 Å². The Morgan fingerprint density at radius 1 is 1.00 bits per heavy atom. The third kappa shape index (κ3) is 3.56. The molecule has 28 heavy (non-hydrogen) atoms. The maximum atomic E-state index is 13.7. The average molecular weight is 379 g/mol. The molecule has 4 aromatic rings. The summed E-state index contributed by atoms with van der Waals surface area (Å²) in [4.78, 5) is 8.63. The maximum absolute atomic E-state index is 13.7. The van der Waals surface area contributed by atoms with Crippen molar-refractivity contribution < 1.29 is 13.8 Å². The summed E-state index contributed by atoms with van der Waals surface area (Å²) < 4.78 is 23.7. The molecule has 2 heterocycles. The van der Waals surface area contributed by atoms with Crippen LogP contribution in [0.5, 0.6) is 5.75 Å². The summed E-state index contributed by atoms with van der Waals surface area (Å²) in [6.07, 6.45) is 1.34. The molecule has 0 saturated heterocycles. The molecule has 0 atom stereocenters. The largest absolute Gasteiger partial charge is 0.495 e. The monoisotopic (exact) mass is 379 g/mol. The van der Waals surface area contributed by atoms with E-state index in [0.29, 0.717) is 22.8 Å². The number of para-hydroxylation sites is 2. The van der Waals surface area contributed by atoms with E-state index in [4.69, 9.17) is 4.74 Å². The molecule has 2 aromatic carbocycles. The molecule has 2 aromatic heterocycles. The number of hydrogen-bond donors (Lipinski definition) is 2. The van der Waals surface area contributed by atoms with Gasteiger partial charge in [-0.25, -0.2) is 14.0 Å². The van der Waals surface area contributed by atoms with Crippen LogP contribution in [0.4, 0.5) is 21.7 Å². The zero-order valence-corrected chi connectivity index (χ0v) is 14.6. The summed E-state index contributed by atoms with van der Waals surface area (Å²) in [5.74, 6) is 0.797. The fourth-order valence-corrected chi connectivity index (χ4v) is 2.42. The van der Waals surface area contributed by atoms with E-state index in [1.165, 1.54) is 12.3 Å². The second-order valence-corrected chi connectivity index (χ2v) is 5.55. The van der Waals surface area contributed by atoms with Gasteiger partial charge in [0.15, 0.2) is 11.6 Å². The molecule has 0 unspecified atom stereocenters. The van der Waals surface area contributed by atoms with Crippen molar-refractivity contribution in [3.63, 3.8) is 0 Å². The van der Waals surface area contributed by atoms with Crippen LogP contribution in [-0.2, 0) is 0 Å². The van der Waals surface area contributed by atoms with E-state index in [1.54, 1.807) is 31.4 Å². The predicted molar refractivity (Wildman–Crippen MR) is 101 cm³/mol. The van der Waals surface area contributed by atoms with Gasteiger partial charge in [0.25, 0.3) is 0 Å². The number of methoxy groups -OCH3 is 1. The number of halogens is 1. The van der Waals surface area contributed by atoms with Crippen molar-refractivity contribution in [1.82, 2.24) is 20.3 Å². The van der Waals surface area contributed by atoms with Gasteiger partial charge < -0.3 is 10.1 Å². The number of nitrogens with one attached hydrogen (secondary N) is 2. The van der Waals surface area contributed by atoms with E-state index in [0.717, 1.165) is 0 Å². The molecular formula is C18H14FN7O2. The summed E-state index contributed by atoms with van der Waals surface area (Å²) >= 11 is 0. The van der Waals surface area contributed by atoms with E-state index in [9.17, 15) is 4.39 Å². The second kappa shape index (κ2) is 7.66. The molecule has 4 rings (SSSR count). The van der Waals surface area contributed by atoms with E-state index in [2.05, 4.69) is 40.8 Å². The van der Waals surface area contributed by atoms with Crippen molar-refractivity contribution in [1.29, 1.82) is 0 Å². The van der Waals surface area contributed by atoms with Gasteiger partial charge in [0.1, 0.15) is 11.6 Å². The van der Waals surface area contributed by atoms with Crippen molar-refractivity contribution >= 4 is 34.8 Å². The van der Waals surface area contributed by atoms with E-state index in [1.807, 2.05) is 18.2 Å². The SMILES string of the molecule is COc1ccccc1Nc1nc2nonc2nc1NN=Cc1ccccc1F. The predicted octanol–water partition coefficient (Wildman–Crippen LogP) is 3.35. The number of ether oxygens (including phenoxy) is 1. The van der Waals surface area contributed by atoms with Crippen molar-refractivity contribution in [2.24, 2.45) is 5.10 Å². The van der Waals surface area contributed by atoms with Crippen LogP contribution in [-0.4, -0.2) is 33.6 Å².